The third-order valence-electron chi connectivity index (χ3n) is 2.53. The molecule has 4 heteroatoms. The first-order chi connectivity index (χ1) is 8.22. The highest BCUT2D eigenvalue weighted by Gasteiger charge is 2.16. The van der Waals surface area contributed by atoms with Crippen LogP contribution in [0, 0.1) is 0 Å². The molecule has 1 aromatic heterocycles. The molecule has 0 aliphatic carbocycles. The number of pyridine rings is 1. The van der Waals surface area contributed by atoms with Gasteiger partial charge in [-0.25, -0.2) is 0 Å². The standard InChI is InChI=1S/C13H14N2O2/c1-17-11-3-2-8-15-12(11)13(16)9-4-6-10(14)7-5-9/h2-8,13,16H,14H2,1H3. The quantitative estimate of drug-likeness (QED) is 0.788. The molecule has 0 radical (unpaired) electrons. The van der Waals surface area contributed by atoms with Crippen LogP contribution in [0.25, 0.3) is 0 Å². The summed E-state index contributed by atoms with van der Waals surface area (Å²) in [6.45, 7) is 0. The predicted octanol–water partition coefficient (Wildman–Crippen LogP) is 1.75. The zero-order chi connectivity index (χ0) is 12.3. The number of methoxy groups -OCH3 is 1. The average molecular weight is 230 g/mol. The van der Waals surface area contributed by atoms with Gasteiger partial charge in [0.05, 0.1) is 7.11 Å². The molecule has 0 amide bonds. The van der Waals surface area contributed by atoms with Crippen molar-refractivity contribution in [3.8, 4) is 5.75 Å². The van der Waals surface area contributed by atoms with Crippen molar-refractivity contribution < 1.29 is 9.84 Å². The topological polar surface area (TPSA) is 68.4 Å². The van der Waals surface area contributed by atoms with Gasteiger partial charge in [0.25, 0.3) is 0 Å². The predicted molar refractivity (Wildman–Crippen MR) is 65.7 cm³/mol. The van der Waals surface area contributed by atoms with Crippen LogP contribution in [0.5, 0.6) is 5.75 Å². The minimum absolute atomic E-state index is 0.500. The van der Waals surface area contributed by atoms with E-state index in [1.165, 1.54) is 0 Å². The third kappa shape index (κ3) is 2.37. The lowest BCUT2D eigenvalue weighted by Crippen LogP contribution is -2.04. The van der Waals surface area contributed by atoms with Crippen LogP contribution in [-0.2, 0) is 0 Å². The summed E-state index contributed by atoms with van der Waals surface area (Å²) in [5.74, 6) is 0.567. The Balaban J connectivity index is 2.36. The van der Waals surface area contributed by atoms with E-state index in [0.29, 0.717) is 17.1 Å². The number of hydrogen-bond acceptors (Lipinski definition) is 4. The van der Waals surface area contributed by atoms with Crippen LogP contribution in [0.3, 0.4) is 0 Å². The van der Waals surface area contributed by atoms with Crippen molar-refractivity contribution in [3.05, 3.63) is 53.9 Å². The maximum Gasteiger partial charge on any atom is 0.143 e. The average Bonchev–Trinajstić information content (AvgIpc) is 2.39. The van der Waals surface area contributed by atoms with Crippen LogP contribution in [0.15, 0.2) is 42.6 Å². The van der Waals surface area contributed by atoms with E-state index in [1.807, 2.05) is 0 Å². The van der Waals surface area contributed by atoms with Crippen molar-refractivity contribution in [2.45, 2.75) is 6.10 Å². The summed E-state index contributed by atoms with van der Waals surface area (Å²) in [5.41, 5.74) is 7.49. The lowest BCUT2D eigenvalue weighted by molar-refractivity contribution is 0.209. The lowest BCUT2D eigenvalue weighted by Gasteiger charge is -2.13. The second-order valence-corrected chi connectivity index (χ2v) is 3.66. The molecule has 2 aromatic rings. The molecule has 2 rings (SSSR count). The summed E-state index contributed by atoms with van der Waals surface area (Å²) in [6.07, 6.45) is 0.810. The molecule has 4 nitrogen and oxygen atoms in total. The summed E-state index contributed by atoms with van der Waals surface area (Å²) >= 11 is 0. The number of aliphatic hydroxyl groups is 1. The minimum atomic E-state index is -0.813. The summed E-state index contributed by atoms with van der Waals surface area (Å²) in [7, 11) is 1.55. The number of aromatic nitrogens is 1. The van der Waals surface area contributed by atoms with Gasteiger partial charge >= 0.3 is 0 Å². The molecule has 3 N–H and O–H groups in total. The van der Waals surface area contributed by atoms with Crippen molar-refractivity contribution in [2.24, 2.45) is 0 Å². The van der Waals surface area contributed by atoms with E-state index in [9.17, 15) is 5.11 Å². The van der Waals surface area contributed by atoms with Gasteiger partial charge in [0.1, 0.15) is 17.5 Å². The van der Waals surface area contributed by atoms with Crippen LogP contribution >= 0.6 is 0 Å². The van der Waals surface area contributed by atoms with Crippen molar-refractivity contribution in [1.29, 1.82) is 0 Å². The molecule has 1 atom stereocenters. The molecule has 88 valence electrons. The fraction of sp³-hybridized carbons (Fsp3) is 0.154. The normalized spacial score (nSPS) is 12.1. The second kappa shape index (κ2) is 4.84. The Morgan fingerprint density at radius 3 is 2.59 bits per heavy atom. The van der Waals surface area contributed by atoms with Crippen molar-refractivity contribution in [2.75, 3.05) is 12.8 Å². The zero-order valence-corrected chi connectivity index (χ0v) is 9.50. The maximum absolute atomic E-state index is 10.2. The molecule has 0 saturated carbocycles. The van der Waals surface area contributed by atoms with Crippen molar-refractivity contribution >= 4 is 5.69 Å². The number of nitrogens with zero attached hydrogens (tertiary/aromatic N) is 1. The molecule has 0 fully saturated rings. The number of hydrogen-bond donors (Lipinski definition) is 2. The van der Waals surface area contributed by atoms with Crippen LogP contribution in [0.1, 0.15) is 17.4 Å². The first-order valence-corrected chi connectivity index (χ1v) is 5.25. The van der Waals surface area contributed by atoms with Gasteiger partial charge in [-0.05, 0) is 29.8 Å². The van der Waals surface area contributed by atoms with Gasteiger partial charge in [-0.2, -0.15) is 0 Å². The zero-order valence-electron chi connectivity index (χ0n) is 9.50. The molecular weight excluding hydrogens is 216 g/mol. The Morgan fingerprint density at radius 1 is 1.24 bits per heavy atom. The van der Waals surface area contributed by atoms with E-state index in [0.717, 1.165) is 5.56 Å². The molecular formula is C13H14N2O2. The third-order valence-corrected chi connectivity index (χ3v) is 2.53. The number of benzene rings is 1. The lowest BCUT2D eigenvalue weighted by atomic mass is 10.1. The Hall–Kier alpha value is -2.07. The van der Waals surface area contributed by atoms with Gasteiger partial charge in [-0.1, -0.05) is 12.1 Å². The minimum Gasteiger partial charge on any atom is -0.495 e. The second-order valence-electron chi connectivity index (χ2n) is 3.66. The molecule has 1 aromatic carbocycles. The molecule has 1 unspecified atom stereocenters. The largest absolute Gasteiger partial charge is 0.495 e. The van der Waals surface area contributed by atoms with Gasteiger partial charge in [0.2, 0.25) is 0 Å². The molecule has 0 bridgehead atoms. The Morgan fingerprint density at radius 2 is 1.94 bits per heavy atom. The maximum atomic E-state index is 10.2. The summed E-state index contributed by atoms with van der Waals surface area (Å²) in [5, 5.41) is 10.2. The fourth-order valence-electron chi connectivity index (χ4n) is 1.62. The summed E-state index contributed by atoms with van der Waals surface area (Å²) in [6, 6.07) is 10.6. The van der Waals surface area contributed by atoms with E-state index in [2.05, 4.69) is 4.98 Å². The van der Waals surface area contributed by atoms with Crippen molar-refractivity contribution in [3.63, 3.8) is 0 Å². The molecule has 0 aliphatic rings. The van der Waals surface area contributed by atoms with Gasteiger partial charge in [-0.15, -0.1) is 0 Å². The van der Waals surface area contributed by atoms with E-state index < -0.39 is 6.10 Å². The molecule has 1 heterocycles. The Kier molecular flexibility index (Phi) is 3.25. The first kappa shape index (κ1) is 11.4. The number of ether oxygens (including phenoxy) is 1. The molecule has 17 heavy (non-hydrogen) atoms. The van der Waals surface area contributed by atoms with Crippen LogP contribution in [-0.4, -0.2) is 17.2 Å². The van der Waals surface area contributed by atoms with Crippen LogP contribution < -0.4 is 10.5 Å². The van der Waals surface area contributed by atoms with Gasteiger partial charge in [0.15, 0.2) is 0 Å². The van der Waals surface area contributed by atoms with E-state index in [4.69, 9.17) is 10.5 Å². The molecule has 0 spiro atoms. The van der Waals surface area contributed by atoms with Gasteiger partial charge in [0, 0.05) is 11.9 Å². The van der Waals surface area contributed by atoms with E-state index in [1.54, 1.807) is 49.7 Å². The molecule has 0 saturated heterocycles. The monoisotopic (exact) mass is 230 g/mol. The van der Waals surface area contributed by atoms with E-state index in [-0.39, 0.29) is 0 Å². The van der Waals surface area contributed by atoms with Gasteiger partial charge < -0.3 is 15.6 Å². The smallest absolute Gasteiger partial charge is 0.143 e. The number of aliphatic hydroxyl groups excluding tert-OH is 1. The van der Waals surface area contributed by atoms with E-state index >= 15 is 0 Å². The first-order valence-electron chi connectivity index (χ1n) is 5.25. The SMILES string of the molecule is COc1cccnc1C(O)c1ccc(N)cc1. The highest BCUT2D eigenvalue weighted by Crippen LogP contribution is 2.27. The Labute approximate surface area is 99.7 Å². The number of rotatable bonds is 3. The van der Waals surface area contributed by atoms with Crippen molar-refractivity contribution in [1.82, 2.24) is 4.98 Å². The van der Waals surface area contributed by atoms with Crippen LogP contribution in [0.2, 0.25) is 0 Å². The molecule has 0 aliphatic heterocycles. The number of anilines is 1. The van der Waals surface area contributed by atoms with Crippen LogP contribution in [0.4, 0.5) is 5.69 Å². The highest BCUT2D eigenvalue weighted by atomic mass is 16.5. The number of nitrogens with two attached hydrogens (primary N) is 1. The Bertz CT molecular complexity index is 497. The summed E-state index contributed by atoms with van der Waals surface area (Å²) < 4.78 is 5.16. The summed E-state index contributed by atoms with van der Waals surface area (Å²) in [4.78, 5) is 4.14. The fourth-order valence-corrected chi connectivity index (χ4v) is 1.62. The van der Waals surface area contributed by atoms with Gasteiger partial charge in [-0.3, -0.25) is 4.98 Å². The number of nitrogen functional groups attached to an aromatic ring is 1. The highest BCUT2D eigenvalue weighted by molar-refractivity contribution is 5.42.